The largest absolute Gasteiger partial charge is 0.355 e. The van der Waals surface area contributed by atoms with Gasteiger partial charge in [-0.05, 0) is 24.3 Å². The third-order valence-corrected chi connectivity index (χ3v) is 1.94. The van der Waals surface area contributed by atoms with Gasteiger partial charge in [-0.2, -0.15) is 0 Å². The van der Waals surface area contributed by atoms with E-state index in [4.69, 9.17) is 0 Å². The fourth-order valence-corrected chi connectivity index (χ4v) is 1.11. The molecule has 0 heterocycles. The number of rotatable bonds is 2. The SMILES string of the molecule is CNC(=O)c1ccc(C(=O)NS)cc1. The number of amides is 2. The molecule has 2 N–H and O–H groups in total. The van der Waals surface area contributed by atoms with Crippen LogP contribution in [0.25, 0.3) is 0 Å². The fourth-order valence-electron chi connectivity index (χ4n) is 0.982. The van der Waals surface area contributed by atoms with Crippen molar-refractivity contribution in [2.45, 2.75) is 0 Å². The van der Waals surface area contributed by atoms with Crippen LogP contribution in [0.3, 0.4) is 0 Å². The Kier molecular flexibility index (Phi) is 3.53. The minimum Gasteiger partial charge on any atom is -0.355 e. The first kappa shape index (κ1) is 10.6. The minimum absolute atomic E-state index is 0.178. The highest BCUT2D eigenvalue weighted by molar-refractivity contribution is 7.78. The highest BCUT2D eigenvalue weighted by Crippen LogP contribution is 2.04. The van der Waals surface area contributed by atoms with Crippen molar-refractivity contribution in [3.8, 4) is 0 Å². The molecule has 5 heteroatoms. The van der Waals surface area contributed by atoms with Gasteiger partial charge >= 0.3 is 0 Å². The quantitative estimate of drug-likeness (QED) is 0.627. The van der Waals surface area contributed by atoms with Crippen LogP contribution in [0.1, 0.15) is 20.7 Å². The molecule has 1 aromatic rings. The molecule has 1 aromatic carbocycles. The molecule has 0 unspecified atom stereocenters. The average molecular weight is 210 g/mol. The van der Waals surface area contributed by atoms with Crippen molar-refractivity contribution in [2.24, 2.45) is 0 Å². The molecule has 0 saturated carbocycles. The molecule has 74 valence electrons. The summed E-state index contributed by atoms with van der Waals surface area (Å²) < 4.78 is 2.20. The first-order chi connectivity index (χ1) is 6.69. The summed E-state index contributed by atoms with van der Waals surface area (Å²) in [6.07, 6.45) is 0. The monoisotopic (exact) mass is 210 g/mol. The summed E-state index contributed by atoms with van der Waals surface area (Å²) in [5.41, 5.74) is 0.982. The first-order valence-electron chi connectivity index (χ1n) is 3.95. The molecule has 0 bridgehead atoms. The van der Waals surface area contributed by atoms with Gasteiger partial charge in [-0.1, -0.05) is 12.8 Å². The summed E-state index contributed by atoms with van der Waals surface area (Å²) >= 11 is 3.63. The lowest BCUT2D eigenvalue weighted by Gasteiger charge is -2.01. The molecular formula is C9H10N2O2S. The summed E-state index contributed by atoms with van der Waals surface area (Å²) in [6.45, 7) is 0. The topological polar surface area (TPSA) is 58.2 Å². The van der Waals surface area contributed by atoms with Crippen LogP contribution in [-0.2, 0) is 0 Å². The molecule has 1 rings (SSSR count). The maximum atomic E-state index is 11.1. The van der Waals surface area contributed by atoms with Gasteiger partial charge in [-0.15, -0.1) is 0 Å². The van der Waals surface area contributed by atoms with Crippen LogP contribution in [0.5, 0.6) is 0 Å². The van der Waals surface area contributed by atoms with Crippen LogP contribution in [0.4, 0.5) is 0 Å². The Hall–Kier alpha value is -1.49. The lowest BCUT2D eigenvalue weighted by molar-refractivity contribution is 0.0958. The molecule has 14 heavy (non-hydrogen) atoms. The Balaban J connectivity index is 2.89. The second kappa shape index (κ2) is 4.66. The van der Waals surface area contributed by atoms with Crippen molar-refractivity contribution < 1.29 is 9.59 Å². The predicted molar refractivity (Wildman–Crippen MR) is 56.3 cm³/mol. The molecular weight excluding hydrogens is 200 g/mol. The van der Waals surface area contributed by atoms with Gasteiger partial charge in [0.15, 0.2) is 0 Å². The van der Waals surface area contributed by atoms with E-state index in [2.05, 4.69) is 22.9 Å². The fraction of sp³-hybridized carbons (Fsp3) is 0.111. The molecule has 4 nitrogen and oxygen atoms in total. The number of hydrogen-bond acceptors (Lipinski definition) is 3. The molecule has 0 radical (unpaired) electrons. The zero-order valence-electron chi connectivity index (χ0n) is 7.57. The van der Waals surface area contributed by atoms with Crippen molar-refractivity contribution in [1.82, 2.24) is 10.0 Å². The average Bonchev–Trinajstić information content (AvgIpc) is 2.27. The van der Waals surface area contributed by atoms with Gasteiger partial charge in [0.25, 0.3) is 11.8 Å². The van der Waals surface area contributed by atoms with E-state index >= 15 is 0 Å². The highest BCUT2D eigenvalue weighted by atomic mass is 32.1. The maximum Gasteiger partial charge on any atom is 0.260 e. The molecule has 0 atom stereocenters. The lowest BCUT2D eigenvalue weighted by Crippen LogP contribution is -2.18. The second-order valence-electron chi connectivity index (χ2n) is 2.60. The normalized spacial score (nSPS) is 9.29. The number of thiol groups is 1. The molecule has 0 fully saturated rings. The third kappa shape index (κ3) is 2.26. The maximum absolute atomic E-state index is 11.1. The summed E-state index contributed by atoms with van der Waals surface area (Å²) in [6, 6.07) is 6.29. The Labute approximate surface area is 87.2 Å². The van der Waals surface area contributed by atoms with Crippen LogP contribution < -0.4 is 10.0 Å². The highest BCUT2D eigenvalue weighted by Gasteiger charge is 2.05. The van der Waals surface area contributed by atoms with Gasteiger partial charge < -0.3 is 5.32 Å². The molecule has 0 aliphatic heterocycles. The number of nitrogens with one attached hydrogen (secondary N) is 2. The second-order valence-corrected chi connectivity index (χ2v) is 2.82. The van der Waals surface area contributed by atoms with E-state index in [1.165, 1.54) is 0 Å². The van der Waals surface area contributed by atoms with E-state index < -0.39 is 0 Å². The van der Waals surface area contributed by atoms with Gasteiger partial charge in [0.2, 0.25) is 0 Å². The van der Waals surface area contributed by atoms with Crippen LogP contribution in [0, 0.1) is 0 Å². The number of hydrogen-bond donors (Lipinski definition) is 3. The Bertz CT molecular complexity index is 313. The summed E-state index contributed by atoms with van der Waals surface area (Å²) in [5, 5.41) is 2.49. The summed E-state index contributed by atoms with van der Waals surface area (Å²) in [4.78, 5) is 22.2. The summed E-state index contributed by atoms with van der Waals surface area (Å²) in [7, 11) is 1.55. The molecule has 2 amide bonds. The minimum atomic E-state index is -0.295. The molecule has 0 saturated heterocycles. The zero-order chi connectivity index (χ0) is 10.6. The van der Waals surface area contributed by atoms with E-state index in [0.717, 1.165) is 0 Å². The van der Waals surface area contributed by atoms with Gasteiger partial charge in [0.05, 0.1) is 0 Å². The molecule has 0 spiro atoms. The van der Waals surface area contributed by atoms with Crippen molar-refractivity contribution >= 4 is 24.6 Å². The van der Waals surface area contributed by atoms with E-state index in [1.54, 1.807) is 31.3 Å². The van der Waals surface area contributed by atoms with E-state index in [9.17, 15) is 9.59 Å². The van der Waals surface area contributed by atoms with E-state index in [0.29, 0.717) is 11.1 Å². The first-order valence-corrected chi connectivity index (χ1v) is 4.40. The predicted octanol–water partition coefficient (Wildman–Crippen LogP) is 0.621. The van der Waals surface area contributed by atoms with Gasteiger partial charge in [0, 0.05) is 18.2 Å². The third-order valence-electron chi connectivity index (χ3n) is 1.74. The molecule has 0 aromatic heterocycles. The zero-order valence-corrected chi connectivity index (χ0v) is 8.47. The van der Waals surface area contributed by atoms with Gasteiger partial charge in [0.1, 0.15) is 0 Å². The van der Waals surface area contributed by atoms with Gasteiger partial charge in [-0.25, -0.2) is 0 Å². The Morgan fingerprint density at radius 2 is 1.50 bits per heavy atom. The Morgan fingerprint density at radius 3 is 1.86 bits per heavy atom. The number of carbonyl (C=O) groups excluding carboxylic acids is 2. The van der Waals surface area contributed by atoms with Crippen molar-refractivity contribution in [1.29, 1.82) is 0 Å². The molecule has 0 aliphatic rings. The van der Waals surface area contributed by atoms with Crippen LogP contribution in [0.15, 0.2) is 24.3 Å². The van der Waals surface area contributed by atoms with Crippen LogP contribution in [0.2, 0.25) is 0 Å². The van der Waals surface area contributed by atoms with Gasteiger partial charge in [-0.3, -0.25) is 14.3 Å². The van der Waals surface area contributed by atoms with Crippen molar-refractivity contribution in [3.05, 3.63) is 35.4 Å². The van der Waals surface area contributed by atoms with E-state index in [-0.39, 0.29) is 11.8 Å². The van der Waals surface area contributed by atoms with E-state index in [1.807, 2.05) is 0 Å². The number of carbonyl (C=O) groups is 2. The van der Waals surface area contributed by atoms with Crippen molar-refractivity contribution in [2.75, 3.05) is 7.05 Å². The lowest BCUT2D eigenvalue weighted by atomic mass is 10.1. The standard InChI is InChI=1S/C9H10N2O2S/c1-10-8(12)6-2-4-7(5-3-6)9(13)11-14/h2-5,14H,1H3,(H,10,12)(H,11,13). The van der Waals surface area contributed by atoms with Crippen LogP contribution in [-0.4, -0.2) is 18.9 Å². The molecule has 0 aliphatic carbocycles. The summed E-state index contributed by atoms with van der Waals surface area (Å²) in [5.74, 6) is -0.473. The number of benzene rings is 1. The Morgan fingerprint density at radius 1 is 1.07 bits per heavy atom. The van der Waals surface area contributed by atoms with Crippen molar-refractivity contribution in [3.63, 3.8) is 0 Å². The van der Waals surface area contributed by atoms with Crippen LogP contribution >= 0.6 is 12.8 Å². The smallest absolute Gasteiger partial charge is 0.260 e.